The summed E-state index contributed by atoms with van der Waals surface area (Å²) in [7, 11) is 0. The van der Waals surface area contributed by atoms with Gasteiger partial charge in [0.25, 0.3) is 0 Å². The highest BCUT2D eigenvalue weighted by atomic mass is 79.9. The molecule has 1 heterocycles. The summed E-state index contributed by atoms with van der Waals surface area (Å²) in [6, 6.07) is 4.30. The third kappa shape index (κ3) is 4.10. The molecule has 3 nitrogen and oxygen atoms in total. The number of amides is 1. The van der Waals surface area contributed by atoms with Crippen molar-refractivity contribution >= 4 is 28.1 Å². The number of likely N-dealkylation sites (tertiary alicyclic amines) is 1. The summed E-state index contributed by atoms with van der Waals surface area (Å²) < 4.78 is 6.48. The maximum Gasteiger partial charge on any atom is 0.410 e. The Hall–Kier alpha value is -1.29. The Morgan fingerprint density at radius 3 is 2.43 bits per heavy atom. The van der Waals surface area contributed by atoms with Crippen molar-refractivity contribution in [3.8, 4) is 0 Å². The van der Waals surface area contributed by atoms with E-state index in [-0.39, 0.29) is 6.09 Å². The Bertz CT molecular complexity index is 592. The van der Waals surface area contributed by atoms with Crippen molar-refractivity contribution in [2.24, 2.45) is 0 Å². The van der Waals surface area contributed by atoms with Gasteiger partial charge in [-0.2, -0.15) is 0 Å². The highest BCUT2D eigenvalue weighted by Gasteiger charge is 2.29. The van der Waals surface area contributed by atoms with Crippen molar-refractivity contribution in [1.29, 1.82) is 0 Å². The summed E-state index contributed by atoms with van der Waals surface area (Å²) in [5.41, 5.74) is 4.49. The van der Waals surface area contributed by atoms with E-state index in [2.05, 4.69) is 48.0 Å². The number of carbonyl (C=O) groups is 1. The largest absolute Gasteiger partial charge is 0.444 e. The monoisotopic (exact) mass is 351 g/mol. The fraction of sp³-hybridized carbons (Fsp3) is 0.471. The number of halogens is 1. The van der Waals surface area contributed by atoms with E-state index in [4.69, 9.17) is 4.74 Å². The van der Waals surface area contributed by atoms with Crippen molar-refractivity contribution in [2.45, 2.75) is 40.2 Å². The van der Waals surface area contributed by atoms with Crippen molar-refractivity contribution in [2.75, 3.05) is 13.1 Å². The van der Waals surface area contributed by atoms with E-state index >= 15 is 0 Å². The van der Waals surface area contributed by atoms with Crippen LogP contribution in [0.4, 0.5) is 4.79 Å². The summed E-state index contributed by atoms with van der Waals surface area (Å²) in [6.07, 6.45) is 1.94. The molecule has 0 radical (unpaired) electrons. The smallest absolute Gasteiger partial charge is 0.410 e. The lowest BCUT2D eigenvalue weighted by atomic mass is 10.00. The molecule has 1 amide bonds. The molecule has 0 spiro atoms. The zero-order chi connectivity index (χ0) is 15.8. The topological polar surface area (TPSA) is 29.5 Å². The van der Waals surface area contributed by atoms with Crippen molar-refractivity contribution in [3.05, 3.63) is 38.9 Å². The summed E-state index contributed by atoms with van der Waals surface area (Å²) in [4.78, 5) is 13.6. The lowest BCUT2D eigenvalue weighted by Gasteiger charge is -2.35. The maximum absolute atomic E-state index is 11.9. The predicted octanol–water partition coefficient (Wildman–Crippen LogP) is 4.70. The average molecular weight is 352 g/mol. The number of ether oxygens (including phenoxy) is 1. The van der Waals surface area contributed by atoms with Crippen LogP contribution in [-0.4, -0.2) is 29.7 Å². The van der Waals surface area contributed by atoms with E-state index < -0.39 is 5.60 Å². The molecule has 4 heteroatoms. The second-order valence-corrected chi connectivity index (χ2v) is 7.45. The summed E-state index contributed by atoms with van der Waals surface area (Å²) in [6.45, 7) is 11.1. The number of carbonyl (C=O) groups excluding carboxylic acids is 1. The highest BCUT2D eigenvalue weighted by molar-refractivity contribution is 9.10. The van der Waals surface area contributed by atoms with Gasteiger partial charge >= 0.3 is 6.09 Å². The Kier molecular flexibility index (Phi) is 4.47. The summed E-state index contributed by atoms with van der Waals surface area (Å²) in [5, 5.41) is 0. The first-order valence-corrected chi connectivity index (χ1v) is 7.89. The summed E-state index contributed by atoms with van der Waals surface area (Å²) in [5.74, 6) is 0. The van der Waals surface area contributed by atoms with Crippen LogP contribution < -0.4 is 0 Å². The van der Waals surface area contributed by atoms with Gasteiger partial charge in [-0.05, 0) is 62.9 Å². The number of aryl methyl sites for hydroxylation is 2. The van der Waals surface area contributed by atoms with Crippen LogP contribution in [0, 0.1) is 13.8 Å². The molecule has 1 aromatic carbocycles. The number of rotatable bonds is 1. The lowest BCUT2D eigenvalue weighted by Crippen LogP contribution is -2.46. The van der Waals surface area contributed by atoms with Gasteiger partial charge in [-0.25, -0.2) is 4.79 Å². The minimum absolute atomic E-state index is 0.233. The van der Waals surface area contributed by atoms with Crippen molar-refractivity contribution < 1.29 is 9.53 Å². The van der Waals surface area contributed by atoms with Gasteiger partial charge in [-0.3, -0.25) is 0 Å². The van der Waals surface area contributed by atoms with Gasteiger partial charge in [0, 0.05) is 17.6 Å². The minimum Gasteiger partial charge on any atom is -0.444 e. The SMILES string of the molecule is Cc1cc(C=C2CN(C(=O)OC(C)(C)C)C2)c(C)cc1Br. The molecule has 0 bridgehead atoms. The van der Waals surface area contributed by atoms with Crippen LogP contribution in [-0.2, 0) is 4.74 Å². The molecule has 0 unspecified atom stereocenters. The van der Waals surface area contributed by atoms with Crippen LogP contribution in [0.1, 0.15) is 37.5 Å². The van der Waals surface area contributed by atoms with Gasteiger partial charge in [0.2, 0.25) is 0 Å². The summed E-state index contributed by atoms with van der Waals surface area (Å²) >= 11 is 3.54. The van der Waals surface area contributed by atoms with Crippen LogP contribution in [0.5, 0.6) is 0 Å². The van der Waals surface area contributed by atoms with Crippen LogP contribution in [0.2, 0.25) is 0 Å². The first-order chi connectivity index (χ1) is 9.65. The van der Waals surface area contributed by atoms with Gasteiger partial charge in [-0.1, -0.05) is 28.1 Å². The van der Waals surface area contributed by atoms with E-state index in [1.165, 1.54) is 22.3 Å². The lowest BCUT2D eigenvalue weighted by molar-refractivity contribution is 0.0216. The molecule has 0 aliphatic carbocycles. The molecule has 0 saturated carbocycles. The second kappa shape index (κ2) is 5.84. The van der Waals surface area contributed by atoms with Crippen LogP contribution in [0.25, 0.3) is 6.08 Å². The molecule has 1 aromatic rings. The Morgan fingerprint density at radius 2 is 1.86 bits per heavy atom. The molecule has 1 aliphatic rings. The van der Waals surface area contributed by atoms with Gasteiger partial charge in [0.05, 0.1) is 0 Å². The van der Waals surface area contributed by atoms with Crippen LogP contribution in [0.3, 0.4) is 0 Å². The minimum atomic E-state index is -0.435. The van der Waals surface area contributed by atoms with E-state index in [0.29, 0.717) is 13.1 Å². The van der Waals surface area contributed by atoms with E-state index in [0.717, 1.165) is 4.47 Å². The molecule has 114 valence electrons. The fourth-order valence-electron chi connectivity index (χ4n) is 2.17. The molecule has 0 atom stereocenters. The normalized spacial score (nSPS) is 14.8. The maximum atomic E-state index is 11.9. The standard InChI is InChI=1S/C17H22BrNO2/c1-11-7-15(18)12(2)6-14(11)8-13-9-19(10-13)16(20)21-17(3,4)5/h6-8H,9-10H2,1-5H3. The Morgan fingerprint density at radius 1 is 1.24 bits per heavy atom. The third-order valence-corrected chi connectivity index (χ3v) is 4.20. The predicted molar refractivity (Wildman–Crippen MR) is 89.4 cm³/mol. The third-order valence-electron chi connectivity index (χ3n) is 3.35. The molecule has 21 heavy (non-hydrogen) atoms. The number of hydrogen-bond acceptors (Lipinski definition) is 2. The second-order valence-electron chi connectivity index (χ2n) is 6.60. The van der Waals surface area contributed by atoms with Crippen LogP contribution in [0.15, 0.2) is 22.2 Å². The van der Waals surface area contributed by atoms with Gasteiger partial charge in [0.15, 0.2) is 0 Å². The van der Waals surface area contributed by atoms with Gasteiger partial charge in [-0.15, -0.1) is 0 Å². The van der Waals surface area contributed by atoms with E-state index in [1.54, 1.807) is 4.90 Å². The molecule has 0 aromatic heterocycles. The zero-order valence-electron chi connectivity index (χ0n) is 13.3. The first kappa shape index (κ1) is 16.1. The quantitative estimate of drug-likeness (QED) is 0.733. The fourth-order valence-corrected chi connectivity index (χ4v) is 2.63. The molecule has 1 saturated heterocycles. The molecule has 2 rings (SSSR count). The van der Waals surface area contributed by atoms with Gasteiger partial charge in [0.1, 0.15) is 5.60 Å². The van der Waals surface area contributed by atoms with Crippen molar-refractivity contribution in [3.63, 3.8) is 0 Å². The van der Waals surface area contributed by atoms with Crippen LogP contribution >= 0.6 is 15.9 Å². The average Bonchev–Trinajstić information content (AvgIpc) is 2.26. The molecule has 1 fully saturated rings. The molecule has 1 aliphatic heterocycles. The van der Waals surface area contributed by atoms with Crippen molar-refractivity contribution in [1.82, 2.24) is 4.90 Å². The Balaban J connectivity index is 2.01. The highest BCUT2D eigenvalue weighted by Crippen LogP contribution is 2.26. The Labute approximate surface area is 135 Å². The van der Waals surface area contributed by atoms with Gasteiger partial charge < -0.3 is 9.64 Å². The molecular formula is C17H22BrNO2. The first-order valence-electron chi connectivity index (χ1n) is 7.10. The van der Waals surface area contributed by atoms with E-state index in [1.807, 2.05) is 20.8 Å². The zero-order valence-corrected chi connectivity index (χ0v) is 14.9. The van der Waals surface area contributed by atoms with E-state index in [9.17, 15) is 4.79 Å². The number of hydrogen-bond donors (Lipinski definition) is 0. The number of benzene rings is 1. The molecule has 0 N–H and O–H groups in total. The number of nitrogens with zero attached hydrogens (tertiary/aromatic N) is 1. The molecular weight excluding hydrogens is 330 g/mol.